The predicted octanol–water partition coefficient (Wildman–Crippen LogP) is 3.09. The quantitative estimate of drug-likeness (QED) is 0.450. The molecule has 0 atom stereocenters. The van der Waals surface area contributed by atoms with Crippen LogP contribution >= 0.6 is 0 Å². The predicted molar refractivity (Wildman–Crippen MR) is 86.8 cm³/mol. The number of hydrazone groups is 1. The largest absolute Gasteiger partial charge is 0.338 e. The molecular weight excluding hydrogens is 295 g/mol. The zero-order chi connectivity index (χ0) is 15.6. The smallest absolute Gasteiger partial charge is 0.265 e. The van der Waals surface area contributed by atoms with Crippen LogP contribution in [-0.4, -0.2) is 26.4 Å². The maximum atomic E-state index is 13.1. The third kappa shape index (κ3) is 2.59. The molecule has 23 heavy (non-hydrogen) atoms. The molecule has 0 saturated carbocycles. The molecule has 6 nitrogen and oxygen atoms in total. The molecule has 0 unspecified atom stereocenters. The van der Waals surface area contributed by atoms with Gasteiger partial charge in [-0.1, -0.05) is 30.3 Å². The summed E-state index contributed by atoms with van der Waals surface area (Å²) in [6, 6.07) is 13.9. The lowest BCUT2D eigenvalue weighted by Gasteiger charge is -1.97. The highest BCUT2D eigenvalue weighted by Crippen LogP contribution is 2.21. The summed E-state index contributed by atoms with van der Waals surface area (Å²) >= 11 is 0. The molecular formula is C16H11FN6. The van der Waals surface area contributed by atoms with Gasteiger partial charge < -0.3 is 4.98 Å². The van der Waals surface area contributed by atoms with Gasteiger partial charge in [-0.2, -0.15) is 10.1 Å². The molecule has 0 saturated heterocycles. The van der Waals surface area contributed by atoms with Crippen molar-refractivity contribution in [2.75, 3.05) is 5.43 Å². The number of nitrogens with zero attached hydrogens (tertiary/aromatic N) is 4. The zero-order valence-electron chi connectivity index (χ0n) is 11.9. The van der Waals surface area contributed by atoms with E-state index in [0.717, 1.165) is 10.9 Å². The number of aromatic nitrogens is 4. The van der Waals surface area contributed by atoms with Gasteiger partial charge in [-0.05, 0) is 23.8 Å². The van der Waals surface area contributed by atoms with Crippen LogP contribution in [0.5, 0.6) is 0 Å². The Labute approximate surface area is 130 Å². The van der Waals surface area contributed by atoms with E-state index in [0.29, 0.717) is 16.7 Å². The Morgan fingerprint density at radius 1 is 1.09 bits per heavy atom. The van der Waals surface area contributed by atoms with Crippen molar-refractivity contribution >= 4 is 34.2 Å². The van der Waals surface area contributed by atoms with Crippen molar-refractivity contribution in [3.63, 3.8) is 0 Å². The maximum absolute atomic E-state index is 13.1. The molecule has 2 heterocycles. The van der Waals surface area contributed by atoms with Gasteiger partial charge in [0.15, 0.2) is 5.65 Å². The number of H-pyrrole nitrogens is 1. The summed E-state index contributed by atoms with van der Waals surface area (Å²) < 4.78 is 13.1. The first-order chi connectivity index (χ1) is 11.3. The first-order valence-corrected chi connectivity index (χ1v) is 6.95. The standard InChI is InChI=1S/C16H11FN6/c17-11-5-3-4-10(8-11)9-18-22-16-20-15-14(21-23-16)12-6-1-2-7-13(12)19-15/h1-9H,(H2,19,20,22,23). The number of para-hydroxylation sites is 1. The summed E-state index contributed by atoms with van der Waals surface area (Å²) in [7, 11) is 0. The zero-order valence-corrected chi connectivity index (χ0v) is 11.9. The molecule has 2 aromatic carbocycles. The molecule has 0 aliphatic carbocycles. The average Bonchev–Trinajstić information content (AvgIpc) is 2.92. The van der Waals surface area contributed by atoms with Gasteiger partial charge in [0.2, 0.25) is 0 Å². The summed E-state index contributed by atoms with van der Waals surface area (Å²) in [5.41, 5.74) is 5.61. The molecule has 7 heteroatoms. The SMILES string of the molecule is Fc1cccc(C=NNc2nnc3c(n2)[nH]c2ccccc23)c1. The molecule has 4 aromatic rings. The highest BCUT2D eigenvalue weighted by atomic mass is 19.1. The number of nitrogens with one attached hydrogen (secondary N) is 2. The minimum Gasteiger partial charge on any atom is -0.338 e. The van der Waals surface area contributed by atoms with Crippen LogP contribution in [0.4, 0.5) is 10.3 Å². The van der Waals surface area contributed by atoms with Crippen LogP contribution in [0, 0.1) is 5.82 Å². The fourth-order valence-electron chi connectivity index (χ4n) is 2.32. The van der Waals surface area contributed by atoms with E-state index < -0.39 is 0 Å². The Bertz CT molecular complexity index is 1020. The Balaban J connectivity index is 1.61. The molecule has 0 aliphatic rings. The monoisotopic (exact) mass is 306 g/mol. The van der Waals surface area contributed by atoms with Gasteiger partial charge in [-0.3, -0.25) is 0 Å². The highest BCUT2D eigenvalue weighted by Gasteiger charge is 2.07. The topological polar surface area (TPSA) is 78.8 Å². The Kier molecular flexibility index (Phi) is 3.16. The lowest BCUT2D eigenvalue weighted by molar-refractivity contribution is 0.627. The molecule has 4 rings (SSSR count). The minimum atomic E-state index is -0.314. The second kappa shape index (κ2) is 5.45. The Morgan fingerprint density at radius 3 is 2.91 bits per heavy atom. The first kappa shape index (κ1) is 13.3. The normalized spacial score (nSPS) is 11.5. The van der Waals surface area contributed by atoms with Crippen molar-refractivity contribution in [2.45, 2.75) is 0 Å². The van der Waals surface area contributed by atoms with Crippen molar-refractivity contribution in [1.29, 1.82) is 0 Å². The molecule has 0 spiro atoms. The molecule has 0 aliphatic heterocycles. The van der Waals surface area contributed by atoms with E-state index in [4.69, 9.17) is 0 Å². The van der Waals surface area contributed by atoms with E-state index in [1.807, 2.05) is 24.3 Å². The molecule has 2 N–H and O–H groups in total. The lowest BCUT2D eigenvalue weighted by Crippen LogP contribution is -1.99. The number of benzene rings is 2. The van der Waals surface area contributed by atoms with Crippen molar-refractivity contribution in [1.82, 2.24) is 20.2 Å². The molecule has 2 aromatic heterocycles. The van der Waals surface area contributed by atoms with E-state index in [1.165, 1.54) is 18.3 Å². The van der Waals surface area contributed by atoms with Crippen LogP contribution < -0.4 is 5.43 Å². The van der Waals surface area contributed by atoms with Crippen LogP contribution in [0.25, 0.3) is 22.1 Å². The van der Waals surface area contributed by atoms with Gasteiger partial charge in [-0.25, -0.2) is 9.82 Å². The maximum Gasteiger partial charge on any atom is 0.265 e. The van der Waals surface area contributed by atoms with Crippen molar-refractivity contribution in [3.05, 3.63) is 59.9 Å². The van der Waals surface area contributed by atoms with Crippen molar-refractivity contribution in [2.24, 2.45) is 5.10 Å². The van der Waals surface area contributed by atoms with Gasteiger partial charge in [0, 0.05) is 10.9 Å². The van der Waals surface area contributed by atoms with Gasteiger partial charge in [0.25, 0.3) is 5.95 Å². The van der Waals surface area contributed by atoms with E-state index in [1.54, 1.807) is 12.1 Å². The van der Waals surface area contributed by atoms with E-state index in [-0.39, 0.29) is 11.8 Å². The van der Waals surface area contributed by atoms with E-state index >= 15 is 0 Å². The van der Waals surface area contributed by atoms with Gasteiger partial charge in [-0.15, -0.1) is 10.2 Å². The van der Waals surface area contributed by atoms with E-state index in [2.05, 4.69) is 30.7 Å². The number of anilines is 1. The number of aromatic amines is 1. The summed E-state index contributed by atoms with van der Waals surface area (Å²) in [6.07, 6.45) is 1.49. The van der Waals surface area contributed by atoms with Crippen LogP contribution in [0.3, 0.4) is 0 Å². The van der Waals surface area contributed by atoms with Crippen LogP contribution in [0.15, 0.2) is 53.6 Å². The number of rotatable bonds is 3. The molecule has 0 amide bonds. The van der Waals surface area contributed by atoms with Gasteiger partial charge in [0.05, 0.1) is 6.21 Å². The van der Waals surface area contributed by atoms with Crippen molar-refractivity contribution in [3.8, 4) is 0 Å². The third-order valence-corrected chi connectivity index (χ3v) is 3.35. The van der Waals surface area contributed by atoms with Crippen LogP contribution in [-0.2, 0) is 0 Å². The van der Waals surface area contributed by atoms with Gasteiger partial charge in [0.1, 0.15) is 11.3 Å². The molecule has 112 valence electrons. The summed E-state index contributed by atoms with van der Waals surface area (Å²) in [6.45, 7) is 0. The highest BCUT2D eigenvalue weighted by molar-refractivity contribution is 6.03. The first-order valence-electron chi connectivity index (χ1n) is 6.95. The second-order valence-corrected chi connectivity index (χ2v) is 4.93. The van der Waals surface area contributed by atoms with E-state index in [9.17, 15) is 4.39 Å². The third-order valence-electron chi connectivity index (χ3n) is 3.35. The van der Waals surface area contributed by atoms with Crippen molar-refractivity contribution < 1.29 is 4.39 Å². The number of halogens is 1. The second-order valence-electron chi connectivity index (χ2n) is 4.93. The summed E-state index contributed by atoms with van der Waals surface area (Å²) in [5.74, 6) is -0.0527. The average molecular weight is 306 g/mol. The van der Waals surface area contributed by atoms with Gasteiger partial charge >= 0.3 is 0 Å². The number of hydrogen-bond acceptors (Lipinski definition) is 5. The minimum absolute atomic E-state index is 0.261. The Hall–Kier alpha value is -3.35. The number of hydrogen-bond donors (Lipinski definition) is 2. The summed E-state index contributed by atoms with van der Waals surface area (Å²) in [5, 5.41) is 13.1. The van der Waals surface area contributed by atoms with Crippen LogP contribution in [0.1, 0.15) is 5.56 Å². The summed E-state index contributed by atoms with van der Waals surface area (Å²) in [4.78, 5) is 7.51. The molecule has 0 fully saturated rings. The molecule has 0 radical (unpaired) electrons. The number of fused-ring (bicyclic) bond motifs is 3. The lowest BCUT2D eigenvalue weighted by atomic mass is 10.2. The Morgan fingerprint density at radius 2 is 2.00 bits per heavy atom. The fraction of sp³-hybridized carbons (Fsp3) is 0. The van der Waals surface area contributed by atoms with Crippen LogP contribution in [0.2, 0.25) is 0 Å². The fourth-order valence-corrected chi connectivity index (χ4v) is 2.32. The molecule has 0 bridgehead atoms.